The minimum atomic E-state index is -0.624. The molecule has 0 amide bonds. The molecule has 0 saturated heterocycles. The summed E-state index contributed by atoms with van der Waals surface area (Å²) in [5.41, 5.74) is 3.09. The molecule has 90 valence electrons. The van der Waals surface area contributed by atoms with Gasteiger partial charge in [-0.3, -0.25) is 4.68 Å². The molecule has 2 aromatic rings. The van der Waals surface area contributed by atoms with Gasteiger partial charge in [0, 0.05) is 25.2 Å². The maximum atomic E-state index is 10.1. The van der Waals surface area contributed by atoms with Gasteiger partial charge in [0.25, 0.3) is 0 Å². The van der Waals surface area contributed by atoms with E-state index in [0.717, 1.165) is 22.6 Å². The van der Waals surface area contributed by atoms with Crippen LogP contribution in [0, 0.1) is 13.8 Å². The maximum absolute atomic E-state index is 10.1. The molecule has 0 bridgehead atoms. The Morgan fingerprint density at radius 2 is 2.06 bits per heavy atom. The summed E-state index contributed by atoms with van der Waals surface area (Å²) < 4.78 is 1.62. The summed E-state index contributed by atoms with van der Waals surface area (Å²) in [5, 5.41) is 25.9. The number of aryl methyl sites for hydroxylation is 3. The molecule has 17 heavy (non-hydrogen) atoms. The third-order valence-electron chi connectivity index (χ3n) is 2.55. The van der Waals surface area contributed by atoms with E-state index in [1.54, 1.807) is 17.9 Å². The Morgan fingerprint density at radius 1 is 1.29 bits per heavy atom. The monoisotopic (exact) mass is 233 g/mol. The van der Waals surface area contributed by atoms with Crippen LogP contribution in [0.1, 0.15) is 28.7 Å². The van der Waals surface area contributed by atoms with Crippen molar-refractivity contribution in [3.05, 3.63) is 34.9 Å². The first kappa shape index (κ1) is 11.7. The van der Waals surface area contributed by atoms with Crippen LogP contribution in [-0.4, -0.2) is 30.3 Å². The fourth-order valence-electron chi connectivity index (χ4n) is 1.70. The smallest absolute Gasteiger partial charge is 0.0865 e. The highest BCUT2D eigenvalue weighted by Crippen LogP contribution is 2.19. The first-order valence-electron chi connectivity index (χ1n) is 5.40. The molecule has 0 aliphatic heterocycles. The Labute approximate surface area is 99.3 Å². The van der Waals surface area contributed by atoms with Gasteiger partial charge in [-0.2, -0.15) is 10.2 Å². The molecule has 0 fully saturated rings. The van der Waals surface area contributed by atoms with Crippen LogP contribution >= 0.6 is 0 Å². The number of aromatic nitrogens is 5. The molecule has 2 rings (SSSR count). The van der Waals surface area contributed by atoms with Gasteiger partial charge in [-0.25, -0.2) is 0 Å². The third-order valence-corrected chi connectivity index (χ3v) is 2.55. The largest absolute Gasteiger partial charge is 0.388 e. The lowest BCUT2D eigenvalue weighted by Gasteiger charge is -2.11. The normalized spacial score (nSPS) is 12.7. The second-order valence-corrected chi connectivity index (χ2v) is 4.13. The molecule has 2 heterocycles. The Hall–Kier alpha value is -1.82. The van der Waals surface area contributed by atoms with Crippen LogP contribution in [0.4, 0.5) is 0 Å². The molecule has 0 aliphatic rings. The number of rotatable bonds is 3. The van der Waals surface area contributed by atoms with Gasteiger partial charge in [-0.15, -0.1) is 5.10 Å². The zero-order valence-corrected chi connectivity index (χ0v) is 10.1. The van der Waals surface area contributed by atoms with E-state index in [-0.39, 0.29) is 0 Å². The molecule has 0 aromatic carbocycles. The molecule has 0 saturated carbocycles. The van der Waals surface area contributed by atoms with E-state index < -0.39 is 6.10 Å². The highest BCUT2D eigenvalue weighted by molar-refractivity contribution is 5.23. The summed E-state index contributed by atoms with van der Waals surface area (Å²) in [6.45, 7) is 3.69. The molecule has 1 N–H and O–H groups in total. The molecule has 0 radical (unpaired) electrons. The van der Waals surface area contributed by atoms with Crippen molar-refractivity contribution < 1.29 is 5.11 Å². The number of aliphatic hydroxyl groups is 1. The lowest BCUT2D eigenvalue weighted by molar-refractivity contribution is 0.175. The van der Waals surface area contributed by atoms with Gasteiger partial charge in [0.05, 0.1) is 23.2 Å². The van der Waals surface area contributed by atoms with E-state index in [2.05, 4.69) is 20.5 Å². The summed E-state index contributed by atoms with van der Waals surface area (Å²) in [6.07, 6.45) is 1.60. The van der Waals surface area contributed by atoms with Crippen LogP contribution in [0.15, 0.2) is 12.3 Å². The van der Waals surface area contributed by atoms with Gasteiger partial charge in [-0.1, -0.05) is 5.21 Å². The fraction of sp³-hybridized carbons (Fsp3) is 0.455. The third kappa shape index (κ3) is 2.65. The van der Waals surface area contributed by atoms with Crippen molar-refractivity contribution in [2.24, 2.45) is 7.05 Å². The Kier molecular flexibility index (Phi) is 3.14. The van der Waals surface area contributed by atoms with Crippen molar-refractivity contribution in [3.8, 4) is 0 Å². The highest BCUT2D eigenvalue weighted by Gasteiger charge is 2.14. The van der Waals surface area contributed by atoms with E-state index in [1.165, 1.54) is 0 Å². The van der Waals surface area contributed by atoms with E-state index in [9.17, 15) is 5.11 Å². The van der Waals surface area contributed by atoms with Gasteiger partial charge < -0.3 is 5.11 Å². The van der Waals surface area contributed by atoms with E-state index in [1.807, 2.05) is 19.9 Å². The van der Waals surface area contributed by atoms with Crippen molar-refractivity contribution in [2.75, 3.05) is 0 Å². The predicted octanol–water partition coefficient (Wildman–Crippen LogP) is 0.498. The number of hydrogen-bond donors (Lipinski definition) is 1. The minimum Gasteiger partial charge on any atom is -0.388 e. The average Bonchev–Trinajstić information content (AvgIpc) is 2.67. The number of nitrogens with zero attached hydrogens (tertiary/aromatic N) is 5. The maximum Gasteiger partial charge on any atom is 0.0865 e. The summed E-state index contributed by atoms with van der Waals surface area (Å²) in [7, 11) is 1.80. The average molecular weight is 233 g/mol. The van der Waals surface area contributed by atoms with Crippen LogP contribution in [0.2, 0.25) is 0 Å². The Balaban J connectivity index is 2.19. The second-order valence-electron chi connectivity index (χ2n) is 4.13. The lowest BCUT2D eigenvalue weighted by atomic mass is 10.0. The molecule has 1 unspecified atom stereocenters. The zero-order valence-electron chi connectivity index (χ0n) is 10.1. The van der Waals surface area contributed by atoms with Gasteiger partial charge in [0.2, 0.25) is 0 Å². The van der Waals surface area contributed by atoms with Crippen LogP contribution in [0.25, 0.3) is 0 Å². The minimum absolute atomic E-state index is 0.430. The van der Waals surface area contributed by atoms with Crippen molar-refractivity contribution in [1.82, 2.24) is 25.2 Å². The van der Waals surface area contributed by atoms with Crippen molar-refractivity contribution in [3.63, 3.8) is 0 Å². The summed E-state index contributed by atoms with van der Waals surface area (Å²) >= 11 is 0. The fourth-order valence-corrected chi connectivity index (χ4v) is 1.70. The van der Waals surface area contributed by atoms with E-state index in [0.29, 0.717) is 6.42 Å². The van der Waals surface area contributed by atoms with E-state index >= 15 is 0 Å². The van der Waals surface area contributed by atoms with Gasteiger partial charge >= 0.3 is 0 Å². The van der Waals surface area contributed by atoms with Crippen LogP contribution in [0.5, 0.6) is 0 Å². The topological polar surface area (TPSA) is 76.7 Å². The van der Waals surface area contributed by atoms with Gasteiger partial charge in [0.1, 0.15) is 0 Å². The summed E-state index contributed by atoms with van der Waals surface area (Å²) in [5.74, 6) is 0. The van der Waals surface area contributed by atoms with Gasteiger partial charge in [-0.05, 0) is 19.9 Å². The Morgan fingerprint density at radius 3 is 2.71 bits per heavy atom. The van der Waals surface area contributed by atoms with Crippen LogP contribution in [0.3, 0.4) is 0 Å². The first-order chi connectivity index (χ1) is 8.06. The van der Waals surface area contributed by atoms with Crippen LogP contribution < -0.4 is 0 Å². The molecule has 0 aliphatic carbocycles. The quantitative estimate of drug-likeness (QED) is 0.835. The second kappa shape index (κ2) is 4.58. The highest BCUT2D eigenvalue weighted by atomic mass is 16.3. The summed E-state index contributed by atoms with van der Waals surface area (Å²) in [4.78, 5) is 0. The van der Waals surface area contributed by atoms with Gasteiger partial charge in [0.15, 0.2) is 0 Å². The standard InChI is InChI=1S/C11H15N5O/c1-7-4-10(8(2)13-12-7)11(17)5-9-6-16(3)15-14-9/h4,6,11,17H,5H2,1-3H3. The molecule has 2 aromatic heterocycles. The first-order valence-corrected chi connectivity index (χ1v) is 5.40. The molecular formula is C11H15N5O. The summed E-state index contributed by atoms with van der Waals surface area (Å²) in [6, 6.07) is 1.85. The molecule has 1 atom stereocenters. The SMILES string of the molecule is Cc1cc(C(O)Cc2cn(C)nn2)c(C)nn1. The molecule has 6 heteroatoms. The molecular weight excluding hydrogens is 218 g/mol. The van der Waals surface area contributed by atoms with Crippen molar-refractivity contribution >= 4 is 0 Å². The van der Waals surface area contributed by atoms with Crippen molar-refractivity contribution in [1.29, 1.82) is 0 Å². The predicted molar refractivity (Wildman–Crippen MR) is 61.2 cm³/mol. The van der Waals surface area contributed by atoms with Crippen LogP contribution in [-0.2, 0) is 13.5 Å². The van der Waals surface area contributed by atoms with Crippen molar-refractivity contribution in [2.45, 2.75) is 26.4 Å². The molecule has 6 nitrogen and oxygen atoms in total. The van der Waals surface area contributed by atoms with E-state index in [4.69, 9.17) is 0 Å². The number of aliphatic hydroxyl groups excluding tert-OH is 1. The number of hydrogen-bond acceptors (Lipinski definition) is 5. The molecule has 0 spiro atoms. The zero-order chi connectivity index (χ0) is 12.4. The Bertz CT molecular complexity index is 522. The lowest BCUT2D eigenvalue weighted by Crippen LogP contribution is -2.07.